The van der Waals surface area contributed by atoms with Gasteiger partial charge >= 0.3 is 5.97 Å². The normalized spacial score (nSPS) is 10.5. The predicted molar refractivity (Wildman–Crippen MR) is 88.3 cm³/mol. The van der Waals surface area contributed by atoms with E-state index in [1.165, 1.54) is 5.56 Å². The van der Waals surface area contributed by atoms with Crippen LogP contribution >= 0.6 is 0 Å². The maximum Gasteiger partial charge on any atom is 0.303 e. The molecule has 1 amide bonds. The summed E-state index contributed by atoms with van der Waals surface area (Å²) in [6, 6.07) is 4.06. The van der Waals surface area contributed by atoms with Crippen LogP contribution < -0.4 is 5.32 Å². The molecule has 0 aliphatic heterocycles. The van der Waals surface area contributed by atoms with Gasteiger partial charge in [-0.15, -0.1) is 0 Å². The molecule has 1 aromatic carbocycles. The van der Waals surface area contributed by atoms with E-state index in [1.54, 1.807) is 0 Å². The quantitative estimate of drug-likeness (QED) is 0.683. The highest BCUT2D eigenvalue weighted by Gasteiger charge is 2.11. The number of aryl methyl sites for hydroxylation is 3. The first-order valence-electron chi connectivity index (χ1n) is 7.99. The van der Waals surface area contributed by atoms with E-state index in [1.807, 2.05) is 32.9 Å². The number of aliphatic carboxylic acids is 1. The lowest BCUT2D eigenvalue weighted by atomic mass is 9.99. The first-order valence-corrected chi connectivity index (χ1v) is 7.99. The van der Waals surface area contributed by atoms with Crippen molar-refractivity contribution in [1.29, 1.82) is 0 Å². The van der Waals surface area contributed by atoms with Crippen LogP contribution in [0.2, 0.25) is 0 Å². The van der Waals surface area contributed by atoms with Crippen LogP contribution in [0.1, 0.15) is 65.6 Å². The van der Waals surface area contributed by atoms with Crippen molar-refractivity contribution < 1.29 is 14.7 Å². The Labute approximate surface area is 132 Å². The van der Waals surface area contributed by atoms with Crippen LogP contribution in [0.3, 0.4) is 0 Å². The van der Waals surface area contributed by atoms with Gasteiger partial charge in [0.1, 0.15) is 0 Å². The van der Waals surface area contributed by atoms with Crippen molar-refractivity contribution in [2.24, 2.45) is 0 Å². The zero-order valence-electron chi connectivity index (χ0n) is 13.9. The van der Waals surface area contributed by atoms with Gasteiger partial charge in [0.2, 0.25) is 0 Å². The second-order valence-corrected chi connectivity index (χ2v) is 5.94. The summed E-state index contributed by atoms with van der Waals surface area (Å²) in [5.74, 6) is -0.725. The molecule has 1 rings (SSSR count). The summed E-state index contributed by atoms with van der Waals surface area (Å²) in [4.78, 5) is 22.6. The molecule has 4 nitrogen and oxygen atoms in total. The minimum absolute atomic E-state index is 0.000812. The number of unbranched alkanes of at least 4 members (excludes halogenated alkanes) is 4. The number of amides is 1. The molecule has 2 N–H and O–H groups in total. The van der Waals surface area contributed by atoms with Gasteiger partial charge in [-0.1, -0.05) is 37.0 Å². The van der Waals surface area contributed by atoms with Crippen LogP contribution in [-0.4, -0.2) is 23.5 Å². The molecule has 0 unspecified atom stereocenters. The average molecular weight is 305 g/mol. The number of nitrogens with one attached hydrogen (secondary N) is 1. The molecule has 0 saturated carbocycles. The highest BCUT2D eigenvalue weighted by Crippen LogP contribution is 2.16. The molecular formula is C18H27NO3. The monoisotopic (exact) mass is 305 g/mol. The third-order valence-electron chi connectivity index (χ3n) is 3.76. The van der Waals surface area contributed by atoms with E-state index in [0.717, 1.165) is 48.8 Å². The first-order chi connectivity index (χ1) is 10.4. The largest absolute Gasteiger partial charge is 0.481 e. The highest BCUT2D eigenvalue weighted by molar-refractivity contribution is 5.97. The number of benzene rings is 1. The number of hydrogen-bond donors (Lipinski definition) is 2. The van der Waals surface area contributed by atoms with Crippen molar-refractivity contribution in [3.63, 3.8) is 0 Å². The van der Waals surface area contributed by atoms with E-state index < -0.39 is 5.97 Å². The van der Waals surface area contributed by atoms with Crippen LogP contribution in [-0.2, 0) is 4.79 Å². The predicted octanol–water partition coefficient (Wildman–Crippen LogP) is 3.77. The lowest BCUT2D eigenvalue weighted by Crippen LogP contribution is -2.26. The van der Waals surface area contributed by atoms with Gasteiger partial charge in [0.15, 0.2) is 0 Å². The third kappa shape index (κ3) is 6.29. The molecule has 0 heterocycles. The summed E-state index contributed by atoms with van der Waals surface area (Å²) in [5.41, 5.74) is 3.99. The van der Waals surface area contributed by atoms with Gasteiger partial charge in [-0.25, -0.2) is 0 Å². The van der Waals surface area contributed by atoms with Crippen molar-refractivity contribution in [3.8, 4) is 0 Å². The molecule has 4 heteroatoms. The van der Waals surface area contributed by atoms with Crippen LogP contribution in [0, 0.1) is 20.8 Å². The fraction of sp³-hybridized carbons (Fsp3) is 0.556. The number of carboxylic acid groups (broad SMARTS) is 1. The minimum Gasteiger partial charge on any atom is -0.481 e. The van der Waals surface area contributed by atoms with Crippen molar-refractivity contribution >= 4 is 11.9 Å². The summed E-state index contributed by atoms with van der Waals surface area (Å²) in [5, 5.41) is 11.5. The Bertz CT molecular complexity index is 500. The molecule has 0 atom stereocenters. The average Bonchev–Trinajstić information content (AvgIpc) is 2.40. The number of carboxylic acids is 1. The number of carbonyl (C=O) groups is 2. The van der Waals surface area contributed by atoms with Gasteiger partial charge in [0.25, 0.3) is 5.91 Å². The Morgan fingerprint density at radius 1 is 0.955 bits per heavy atom. The van der Waals surface area contributed by atoms with E-state index >= 15 is 0 Å². The molecule has 1 aromatic rings. The molecule has 0 aromatic heterocycles. The standard InChI is InChI=1S/C18H27NO3/c1-13-11-14(2)17(15(3)12-13)18(22)19-10-8-6-4-5-7-9-16(20)21/h11-12H,4-10H2,1-3H3,(H,19,22)(H,20,21). The van der Waals surface area contributed by atoms with Crippen molar-refractivity contribution in [2.75, 3.05) is 6.54 Å². The zero-order chi connectivity index (χ0) is 16.5. The molecular weight excluding hydrogens is 278 g/mol. The van der Waals surface area contributed by atoms with Crippen LogP contribution in [0.25, 0.3) is 0 Å². The number of rotatable bonds is 9. The van der Waals surface area contributed by atoms with Gasteiger partial charge in [-0.3, -0.25) is 9.59 Å². The SMILES string of the molecule is Cc1cc(C)c(C(=O)NCCCCCCCC(=O)O)c(C)c1. The Kier molecular flexibility index (Phi) is 7.64. The lowest BCUT2D eigenvalue weighted by molar-refractivity contribution is -0.137. The van der Waals surface area contributed by atoms with E-state index in [4.69, 9.17) is 5.11 Å². The Hall–Kier alpha value is -1.84. The summed E-state index contributed by atoms with van der Waals surface area (Å²) >= 11 is 0. The smallest absolute Gasteiger partial charge is 0.303 e. The van der Waals surface area contributed by atoms with Crippen molar-refractivity contribution in [3.05, 3.63) is 34.4 Å². The van der Waals surface area contributed by atoms with Crippen molar-refractivity contribution in [2.45, 2.75) is 59.3 Å². The molecule has 0 bridgehead atoms. The molecule has 0 aliphatic rings. The maximum atomic E-state index is 12.2. The summed E-state index contributed by atoms with van der Waals surface area (Å²) in [6.45, 7) is 6.64. The fourth-order valence-electron chi connectivity index (χ4n) is 2.76. The highest BCUT2D eigenvalue weighted by atomic mass is 16.4. The molecule has 0 aliphatic carbocycles. The van der Waals surface area contributed by atoms with Gasteiger partial charge in [-0.2, -0.15) is 0 Å². The second-order valence-electron chi connectivity index (χ2n) is 5.94. The van der Waals surface area contributed by atoms with Gasteiger partial charge in [0.05, 0.1) is 0 Å². The molecule has 122 valence electrons. The first kappa shape index (κ1) is 18.2. The molecule has 0 saturated heterocycles. The van der Waals surface area contributed by atoms with E-state index in [9.17, 15) is 9.59 Å². The van der Waals surface area contributed by atoms with E-state index in [0.29, 0.717) is 6.54 Å². The molecule has 22 heavy (non-hydrogen) atoms. The summed E-state index contributed by atoms with van der Waals surface area (Å²) in [6.07, 6.45) is 4.91. The van der Waals surface area contributed by atoms with E-state index in [2.05, 4.69) is 5.32 Å². The topological polar surface area (TPSA) is 66.4 Å². The van der Waals surface area contributed by atoms with Crippen LogP contribution in [0.15, 0.2) is 12.1 Å². The molecule has 0 fully saturated rings. The van der Waals surface area contributed by atoms with Gasteiger partial charge < -0.3 is 10.4 Å². The van der Waals surface area contributed by atoms with Gasteiger partial charge in [-0.05, 0) is 44.7 Å². The Morgan fingerprint density at radius 3 is 2.09 bits per heavy atom. The fourth-order valence-corrected chi connectivity index (χ4v) is 2.76. The van der Waals surface area contributed by atoms with Gasteiger partial charge in [0, 0.05) is 18.5 Å². The summed E-state index contributed by atoms with van der Waals surface area (Å²) < 4.78 is 0. The second kappa shape index (κ2) is 9.23. The molecule has 0 radical (unpaired) electrons. The zero-order valence-corrected chi connectivity index (χ0v) is 13.9. The Morgan fingerprint density at radius 2 is 1.50 bits per heavy atom. The van der Waals surface area contributed by atoms with Crippen LogP contribution in [0.4, 0.5) is 0 Å². The lowest BCUT2D eigenvalue weighted by Gasteiger charge is -2.11. The molecule has 0 spiro atoms. The van der Waals surface area contributed by atoms with Crippen molar-refractivity contribution in [1.82, 2.24) is 5.32 Å². The number of hydrogen-bond acceptors (Lipinski definition) is 2. The third-order valence-corrected chi connectivity index (χ3v) is 3.76. The van der Waals surface area contributed by atoms with E-state index in [-0.39, 0.29) is 12.3 Å². The van der Waals surface area contributed by atoms with Crippen LogP contribution in [0.5, 0.6) is 0 Å². The Balaban J connectivity index is 2.26. The minimum atomic E-state index is -0.726. The maximum absolute atomic E-state index is 12.2. The number of carbonyl (C=O) groups excluding carboxylic acids is 1. The summed E-state index contributed by atoms with van der Waals surface area (Å²) in [7, 11) is 0.